The highest BCUT2D eigenvalue weighted by atomic mass is 32.2. The van der Waals surface area contributed by atoms with E-state index < -0.39 is 16.1 Å². The largest absolute Gasteiger partial charge is 0.372 e. The van der Waals surface area contributed by atoms with Crippen molar-refractivity contribution in [3.63, 3.8) is 0 Å². The van der Waals surface area contributed by atoms with Gasteiger partial charge in [-0.3, -0.25) is 0 Å². The molecule has 6 nitrogen and oxygen atoms in total. The fraction of sp³-hybridized carbons (Fsp3) is 0.818. The van der Waals surface area contributed by atoms with Gasteiger partial charge in [-0.25, -0.2) is 18.1 Å². The molecule has 1 aromatic heterocycles. The van der Waals surface area contributed by atoms with E-state index in [2.05, 4.69) is 10.1 Å². The first kappa shape index (κ1) is 12.1. The summed E-state index contributed by atoms with van der Waals surface area (Å²) in [7, 11) is -2.95. The Balaban J connectivity index is 1.89. The van der Waals surface area contributed by atoms with Crippen LogP contribution in [0, 0.1) is 0 Å². The summed E-state index contributed by atoms with van der Waals surface area (Å²) in [6, 6.07) is 0. The molecule has 2 aliphatic heterocycles. The van der Waals surface area contributed by atoms with Crippen LogP contribution in [0.3, 0.4) is 0 Å². The Hall–Kier alpha value is -0.950. The number of hydrogen-bond donors (Lipinski definition) is 1. The maximum Gasteiger partial charge on any atom is 0.155 e. The summed E-state index contributed by atoms with van der Waals surface area (Å²) in [6.07, 6.45) is 3.30. The molecule has 1 N–H and O–H groups in total. The minimum Gasteiger partial charge on any atom is -0.372 e. The maximum atomic E-state index is 11.6. The SMILES string of the molecule is O=S1(=O)CCCC(c2nc3n(n2)C(O)CCC3)C1. The molecule has 18 heavy (non-hydrogen) atoms. The second kappa shape index (κ2) is 4.31. The van der Waals surface area contributed by atoms with E-state index >= 15 is 0 Å². The number of nitrogens with zero attached hydrogens (tertiary/aromatic N) is 3. The molecule has 3 rings (SSSR count). The minimum atomic E-state index is -2.95. The van der Waals surface area contributed by atoms with Crippen LogP contribution in [0.25, 0.3) is 0 Å². The maximum absolute atomic E-state index is 11.6. The summed E-state index contributed by atoms with van der Waals surface area (Å²) >= 11 is 0. The van der Waals surface area contributed by atoms with Crippen molar-refractivity contribution in [3.05, 3.63) is 11.6 Å². The summed E-state index contributed by atoms with van der Waals surface area (Å²) in [4.78, 5) is 4.42. The van der Waals surface area contributed by atoms with Gasteiger partial charge in [0.15, 0.2) is 15.7 Å². The molecular weight excluding hydrogens is 254 g/mol. The quantitative estimate of drug-likeness (QED) is 0.799. The average Bonchev–Trinajstić information content (AvgIpc) is 2.73. The molecule has 3 heterocycles. The lowest BCUT2D eigenvalue weighted by Crippen LogP contribution is -2.24. The molecule has 2 atom stereocenters. The molecule has 0 radical (unpaired) electrons. The fourth-order valence-corrected chi connectivity index (χ4v) is 4.45. The second-order valence-corrected chi connectivity index (χ2v) is 7.39. The summed E-state index contributed by atoms with van der Waals surface area (Å²) in [5.41, 5.74) is 0. The van der Waals surface area contributed by atoms with Crippen LogP contribution in [-0.2, 0) is 16.3 Å². The van der Waals surface area contributed by atoms with E-state index in [4.69, 9.17) is 0 Å². The van der Waals surface area contributed by atoms with Gasteiger partial charge < -0.3 is 5.11 Å². The van der Waals surface area contributed by atoms with Gasteiger partial charge in [-0.15, -0.1) is 0 Å². The van der Waals surface area contributed by atoms with Crippen LogP contribution in [0.2, 0.25) is 0 Å². The summed E-state index contributed by atoms with van der Waals surface area (Å²) in [6.45, 7) is 0. The molecule has 1 fully saturated rings. The van der Waals surface area contributed by atoms with Crippen molar-refractivity contribution in [1.29, 1.82) is 0 Å². The molecule has 0 aromatic carbocycles. The first-order valence-electron chi connectivity index (χ1n) is 6.39. The molecule has 1 saturated heterocycles. The molecule has 2 unspecified atom stereocenters. The third-order valence-electron chi connectivity index (χ3n) is 3.69. The van der Waals surface area contributed by atoms with Crippen molar-refractivity contribution in [3.8, 4) is 0 Å². The lowest BCUT2D eigenvalue weighted by molar-refractivity contribution is 0.0642. The zero-order chi connectivity index (χ0) is 12.8. The Morgan fingerprint density at radius 2 is 2.11 bits per heavy atom. The highest BCUT2D eigenvalue weighted by Gasteiger charge is 2.30. The number of rotatable bonds is 1. The van der Waals surface area contributed by atoms with E-state index in [1.807, 2.05) is 0 Å². The van der Waals surface area contributed by atoms with Crippen molar-refractivity contribution in [1.82, 2.24) is 14.8 Å². The predicted octanol–water partition coefficient (Wildman–Crippen LogP) is 0.397. The molecule has 1 aromatic rings. The van der Waals surface area contributed by atoms with Crippen LogP contribution in [0.15, 0.2) is 0 Å². The second-order valence-electron chi connectivity index (χ2n) is 5.16. The molecule has 2 aliphatic rings. The minimum absolute atomic E-state index is 0.103. The summed E-state index contributed by atoms with van der Waals surface area (Å²) < 4.78 is 24.8. The molecule has 100 valence electrons. The van der Waals surface area contributed by atoms with Crippen molar-refractivity contribution in [2.24, 2.45) is 0 Å². The Morgan fingerprint density at radius 3 is 2.83 bits per heavy atom. The smallest absolute Gasteiger partial charge is 0.155 e. The molecule has 7 heteroatoms. The number of aliphatic hydroxyl groups excluding tert-OH is 1. The van der Waals surface area contributed by atoms with Crippen molar-refractivity contribution >= 4 is 9.84 Å². The van der Waals surface area contributed by atoms with Gasteiger partial charge in [0, 0.05) is 12.3 Å². The first-order valence-corrected chi connectivity index (χ1v) is 8.21. The van der Waals surface area contributed by atoms with Gasteiger partial charge in [0.1, 0.15) is 12.1 Å². The number of aromatic nitrogens is 3. The molecule has 0 spiro atoms. The van der Waals surface area contributed by atoms with Crippen LogP contribution in [-0.4, -0.2) is 39.8 Å². The van der Waals surface area contributed by atoms with Crippen LogP contribution in [0.5, 0.6) is 0 Å². The molecule has 0 amide bonds. The molecular formula is C11H17N3O3S. The van der Waals surface area contributed by atoms with Crippen molar-refractivity contribution in [2.45, 2.75) is 44.2 Å². The number of hydrogen-bond acceptors (Lipinski definition) is 5. The lowest BCUT2D eigenvalue weighted by Gasteiger charge is -2.19. The monoisotopic (exact) mass is 271 g/mol. The van der Waals surface area contributed by atoms with E-state index in [1.165, 1.54) is 0 Å². The topological polar surface area (TPSA) is 85.1 Å². The number of aryl methyl sites for hydroxylation is 1. The van der Waals surface area contributed by atoms with Gasteiger partial charge >= 0.3 is 0 Å². The highest BCUT2D eigenvalue weighted by molar-refractivity contribution is 7.91. The standard InChI is InChI=1S/C11H17N3O3S/c15-10-5-1-4-9-12-11(13-14(9)10)8-3-2-6-18(16,17)7-8/h8,10,15H,1-7H2. The average molecular weight is 271 g/mol. The Labute approximate surface area is 106 Å². The summed E-state index contributed by atoms with van der Waals surface area (Å²) in [5.74, 6) is 1.70. The van der Waals surface area contributed by atoms with Gasteiger partial charge in [0.05, 0.1) is 11.5 Å². The Morgan fingerprint density at radius 1 is 1.28 bits per heavy atom. The third-order valence-corrected chi connectivity index (χ3v) is 5.51. The van der Waals surface area contributed by atoms with E-state index in [-0.39, 0.29) is 17.4 Å². The predicted molar refractivity (Wildman–Crippen MR) is 64.8 cm³/mol. The number of fused-ring (bicyclic) bond motifs is 1. The van der Waals surface area contributed by atoms with Gasteiger partial charge in [0.2, 0.25) is 0 Å². The fourth-order valence-electron chi connectivity index (χ4n) is 2.75. The van der Waals surface area contributed by atoms with Crippen LogP contribution >= 0.6 is 0 Å². The van der Waals surface area contributed by atoms with Crippen LogP contribution in [0.1, 0.15) is 49.5 Å². The highest BCUT2D eigenvalue weighted by Crippen LogP contribution is 2.28. The zero-order valence-electron chi connectivity index (χ0n) is 10.1. The molecule has 0 saturated carbocycles. The lowest BCUT2D eigenvalue weighted by atomic mass is 10.1. The number of sulfone groups is 1. The van der Waals surface area contributed by atoms with Crippen LogP contribution in [0.4, 0.5) is 0 Å². The van der Waals surface area contributed by atoms with Crippen molar-refractivity contribution < 1.29 is 13.5 Å². The van der Waals surface area contributed by atoms with E-state index in [0.717, 1.165) is 25.1 Å². The third kappa shape index (κ3) is 2.16. The zero-order valence-corrected chi connectivity index (χ0v) is 10.9. The summed E-state index contributed by atoms with van der Waals surface area (Å²) in [5, 5.41) is 14.1. The van der Waals surface area contributed by atoms with Gasteiger partial charge in [-0.1, -0.05) is 0 Å². The van der Waals surface area contributed by atoms with Crippen molar-refractivity contribution in [2.75, 3.05) is 11.5 Å². The number of aliphatic hydroxyl groups is 1. The van der Waals surface area contributed by atoms with E-state index in [9.17, 15) is 13.5 Å². The first-order chi connectivity index (χ1) is 8.55. The van der Waals surface area contributed by atoms with Gasteiger partial charge in [0.25, 0.3) is 0 Å². The Kier molecular flexibility index (Phi) is 2.90. The van der Waals surface area contributed by atoms with Crippen LogP contribution < -0.4 is 0 Å². The van der Waals surface area contributed by atoms with Gasteiger partial charge in [-0.2, -0.15) is 5.10 Å². The Bertz CT molecular complexity index is 552. The molecule has 0 aliphatic carbocycles. The van der Waals surface area contributed by atoms with Gasteiger partial charge in [-0.05, 0) is 25.7 Å². The van der Waals surface area contributed by atoms with E-state index in [1.54, 1.807) is 4.68 Å². The normalized spacial score (nSPS) is 30.9. The molecule has 0 bridgehead atoms. The van der Waals surface area contributed by atoms with E-state index in [0.29, 0.717) is 18.7 Å².